The number of hydrogen-bond donors (Lipinski definition) is 0. The van der Waals surface area contributed by atoms with Crippen LogP contribution in [0.4, 0.5) is 0 Å². The maximum Gasteiger partial charge on any atom is 0.341 e. The van der Waals surface area contributed by atoms with Crippen LogP contribution in [0.3, 0.4) is 0 Å². The molecule has 0 atom stereocenters. The van der Waals surface area contributed by atoms with Crippen LogP contribution in [0.1, 0.15) is 27.2 Å². The van der Waals surface area contributed by atoms with Crippen molar-refractivity contribution in [1.29, 1.82) is 0 Å². The zero-order valence-corrected chi connectivity index (χ0v) is 8.43. The number of esters is 1. The molecule has 72 valence electrons. The summed E-state index contributed by atoms with van der Waals surface area (Å²) < 4.78 is 4.55. The molecule has 0 bridgehead atoms. The number of allylic oxidation sites excluding steroid dienone is 1. The first-order valence-electron chi connectivity index (χ1n) is 4.23. The molecule has 3 nitrogen and oxygen atoms in total. The van der Waals surface area contributed by atoms with E-state index >= 15 is 0 Å². The Hall–Kier alpha value is -1.12. The van der Waals surface area contributed by atoms with E-state index in [1.165, 1.54) is 7.11 Å². The fraction of sp³-hybridized carbons (Fsp3) is 0.600. The number of hydrogen-bond acceptors (Lipinski definition) is 3. The molecule has 0 heterocycles. The van der Waals surface area contributed by atoms with Crippen LogP contribution in [0.5, 0.6) is 0 Å². The highest BCUT2D eigenvalue weighted by Crippen LogP contribution is 2.38. The lowest BCUT2D eigenvalue weighted by Gasteiger charge is -2.14. The number of methoxy groups -OCH3 is 1. The van der Waals surface area contributed by atoms with Crippen LogP contribution in [0.15, 0.2) is 11.1 Å². The van der Waals surface area contributed by atoms with Gasteiger partial charge in [-0.2, -0.15) is 0 Å². The van der Waals surface area contributed by atoms with E-state index in [0.29, 0.717) is 6.42 Å². The average Bonchev–Trinajstić information content (AvgIpc) is 2.21. The zero-order valence-electron chi connectivity index (χ0n) is 8.43. The highest BCUT2D eigenvalue weighted by Gasteiger charge is 2.41. The third-order valence-electron chi connectivity index (χ3n) is 2.37. The van der Waals surface area contributed by atoms with Crippen molar-refractivity contribution in [2.24, 2.45) is 5.41 Å². The summed E-state index contributed by atoms with van der Waals surface area (Å²) in [6.07, 6.45) is 0.649. The van der Waals surface area contributed by atoms with E-state index in [4.69, 9.17) is 0 Å². The SMILES string of the molecule is COC(=O)C1=C(C)CC(C)(C)C1=O. The smallest absolute Gasteiger partial charge is 0.341 e. The number of ketones is 1. The Morgan fingerprint density at radius 3 is 2.31 bits per heavy atom. The summed E-state index contributed by atoms with van der Waals surface area (Å²) in [6.45, 7) is 5.49. The molecule has 0 amide bonds. The van der Waals surface area contributed by atoms with E-state index in [9.17, 15) is 9.59 Å². The second-order valence-corrected chi connectivity index (χ2v) is 4.04. The Bertz CT molecular complexity index is 297. The van der Waals surface area contributed by atoms with Gasteiger partial charge in [-0.3, -0.25) is 4.79 Å². The standard InChI is InChI=1S/C10H14O3/c1-6-5-10(2,3)8(11)7(6)9(12)13-4/h5H2,1-4H3. The minimum Gasteiger partial charge on any atom is -0.465 e. The van der Waals surface area contributed by atoms with Gasteiger partial charge in [0.05, 0.1) is 7.11 Å². The molecule has 1 aliphatic carbocycles. The van der Waals surface area contributed by atoms with Crippen LogP contribution in [-0.4, -0.2) is 18.9 Å². The van der Waals surface area contributed by atoms with Gasteiger partial charge in [0, 0.05) is 5.41 Å². The molecular formula is C10H14O3. The summed E-state index contributed by atoms with van der Waals surface area (Å²) in [7, 11) is 1.29. The van der Waals surface area contributed by atoms with Gasteiger partial charge in [0.2, 0.25) is 0 Å². The lowest BCUT2D eigenvalue weighted by molar-refractivity contribution is -0.138. The summed E-state index contributed by atoms with van der Waals surface area (Å²) in [6, 6.07) is 0. The normalized spacial score (nSPS) is 20.8. The molecule has 0 N–H and O–H groups in total. The Kier molecular flexibility index (Phi) is 2.28. The molecular weight excluding hydrogens is 168 g/mol. The molecule has 0 aromatic heterocycles. The van der Waals surface area contributed by atoms with Crippen molar-refractivity contribution in [3.8, 4) is 0 Å². The first kappa shape index (κ1) is 9.96. The molecule has 0 fully saturated rings. The second kappa shape index (κ2) is 2.98. The van der Waals surface area contributed by atoms with Gasteiger partial charge in [0.15, 0.2) is 5.78 Å². The Balaban J connectivity index is 3.05. The molecule has 13 heavy (non-hydrogen) atoms. The Morgan fingerprint density at radius 2 is 2.00 bits per heavy atom. The topological polar surface area (TPSA) is 43.4 Å². The number of carbonyl (C=O) groups is 2. The molecule has 1 aliphatic rings. The molecule has 0 unspecified atom stereocenters. The van der Waals surface area contributed by atoms with Crippen LogP contribution < -0.4 is 0 Å². The minimum absolute atomic E-state index is 0.100. The van der Waals surface area contributed by atoms with Crippen molar-refractivity contribution < 1.29 is 14.3 Å². The molecule has 0 saturated heterocycles. The van der Waals surface area contributed by atoms with E-state index < -0.39 is 11.4 Å². The van der Waals surface area contributed by atoms with Crippen LogP contribution in [0.25, 0.3) is 0 Å². The molecule has 3 heteroatoms. The fourth-order valence-corrected chi connectivity index (χ4v) is 1.73. The van der Waals surface area contributed by atoms with Crippen LogP contribution in [0, 0.1) is 5.41 Å². The van der Waals surface area contributed by atoms with Crippen molar-refractivity contribution in [2.75, 3.05) is 7.11 Å². The molecule has 1 rings (SSSR count). The summed E-state index contributed by atoms with van der Waals surface area (Å²) in [5, 5.41) is 0. The van der Waals surface area contributed by atoms with Crippen molar-refractivity contribution in [1.82, 2.24) is 0 Å². The summed E-state index contributed by atoms with van der Waals surface area (Å²) in [4.78, 5) is 22.9. The van der Waals surface area contributed by atoms with E-state index in [-0.39, 0.29) is 11.4 Å². The summed E-state index contributed by atoms with van der Waals surface area (Å²) >= 11 is 0. The van der Waals surface area contributed by atoms with Crippen molar-refractivity contribution in [3.63, 3.8) is 0 Å². The molecule has 0 radical (unpaired) electrons. The number of rotatable bonds is 1. The Labute approximate surface area is 77.8 Å². The van der Waals surface area contributed by atoms with Crippen LogP contribution in [-0.2, 0) is 14.3 Å². The third-order valence-corrected chi connectivity index (χ3v) is 2.37. The highest BCUT2D eigenvalue weighted by molar-refractivity contribution is 6.21. The van der Waals surface area contributed by atoms with Gasteiger partial charge in [-0.1, -0.05) is 19.4 Å². The average molecular weight is 182 g/mol. The molecule has 0 aliphatic heterocycles. The Morgan fingerprint density at radius 1 is 1.46 bits per heavy atom. The molecule has 0 saturated carbocycles. The minimum atomic E-state index is -0.506. The molecule has 0 aromatic rings. The van der Waals surface area contributed by atoms with Crippen LogP contribution in [0.2, 0.25) is 0 Å². The van der Waals surface area contributed by atoms with Gasteiger partial charge in [-0.15, -0.1) is 0 Å². The van der Waals surface area contributed by atoms with E-state index in [2.05, 4.69) is 4.74 Å². The number of carbonyl (C=O) groups excluding carboxylic acids is 2. The highest BCUT2D eigenvalue weighted by atomic mass is 16.5. The predicted molar refractivity (Wildman–Crippen MR) is 48.1 cm³/mol. The van der Waals surface area contributed by atoms with Gasteiger partial charge < -0.3 is 4.74 Å². The molecule has 0 spiro atoms. The first-order valence-corrected chi connectivity index (χ1v) is 4.23. The molecule has 0 aromatic carbocycles. The third kappa shape index (κ3) is 1.50. The van der Waals surface area contributed by atoms with Gasteiger partial charge in [0.1, 0.15) is 5.57 Å². The maximum atomic E-state index is 11.7. The zero-order chi connectivity index (χ0) is 10.2. The van der Waals surface area contributed by atoms with Crippen molar-refractivity contribution >= 4 is 11.8 Å². The van der Waals surface area contributed by atoms with E-state index in [0.717, 1.165) is 5.57 Å². The largest absolute Gasteiger partial charge is 0.465 e. The van der Waals surface area contributed by atoms with Gasteiger partial charge in [-0.05, 0) is 13.3 Å². The van der Waals surface area contributed by atoms with E-state index in [1.807, 2.05) is 13.8 Å². The first-order chi connectivity index (χ1) is 5.90. The van der Waals surface area contributed by atoms with E-state index in [1.54, 1.807) is 6.92 Å². The second-order valence-electron chi connectivity index (χ2n) is 4.04. The number of Topliss-reactive ketones (excluding diaryl/α,β-unsaturated/α-hetero) is 1. The summed E-state index contributed by atoms with van der Waals surface area (Å²) in [5.41, 5.74) is 0.641. The predicted octanol–water partition coefficient (Wildman–Crippen LogP) is 1.47. The fourth-order valence-electron chi connectivity index (χ4n) is 1.73. The summed E-state index contributed by atoms with van der Waals surface area (Å²) in [5.74, 6) is -0.607. The quantitative estimate of drug-likeness (QED) is 0.455. The lowest BCUT2D eigenvalue weighted by atomic mass is 9.88. The van der Waals surface area contributed by atoms with Gasteiger partial charge in [0.25, 0.3) is 0 Å². The van der Waals surface area contributed by atoms with Crippen molar-refractivity contribution in [3.05, 3.63) is 11.1 Å². The monoisotopic (exact) mass is 182 g/mol. The van der Waals surface area contributed by atoms with Gasteiger partial charge >= 0.3 is 5.97 Å². The van der Waals surface area contributed by atoms with Crippen molar-refractivity contribution in [2.45, 2.75) is 27.2 Å². The number of ether oxygens (including phenoxy) is 1. The lowest BCUT2D eigenvalue weighted by Crippen LogP contribution is -2.23. The van der Waals surface area contributed by atoms with Gasteiger partial charge in [-0.25, -0.2) is 4.79 Å². The maximum absolute atomic E-state index is 11.7. The van der Waals surface area contributed by atoms with Crippen LogP contribution >= 0.6 is 0 Å².